The van der Waals surface area contributed by atoms with Gasteiger partial charge in [-0.1, -0.05) is 77.3 Å². The molecule has 0 aromatic heterocycles. The highest BCUT2D eigenvalue weighted by molar-refractivity contribution is 5.69. The fourth-order valence-electron chi connectivity index (χ4n) is 3.82. The molecule has 0 N–H and O–H groups in total. The Balaban J connectivity index is 1.80. The molecule has 0 unspecified atom stereocenters. The van der Waals surface area contributed by atoms with Crippen molar-refractivity contribution in [2.75, 3.05) is 66.1 Å². The molecular weight excluding hydrogens is 484 g/mol. The molecule has 0 aliphatic carbocycles. The Hall–Kier alpha value is -1.67. The number of carbonyl (C=O) groups is 1. The van der Waals surface area contributed by atoms with Crippen LogP contribution in [0.15, 0.2) is 24.3 Å². The summed E-state index contributed by atoms with van der Waals surface area (Å²) in [4.78, 5) is 11.5. The van der Waals surface area contributed by atoms with E-state index in [9.17, 15) is 4.79 Å². The van der Waals surface area contributed by atoms with Crippen LogP contribution in [0.25, 0.3) is 0 Å². The van der Waals surface area contributed by atoms with Gasteiger partial charge in [0.1, 0.15) is 19.0 Å². The van der Waals surface area contributed by atoms with E-state index in [1.807, 2.05) is 12.1 Å². The molecular formula is C31H54O7. The molecule has 0 heterocycles. The first-order chi connectivity index (χ1) is 18.8. The Bertz CT molecular complexity index is 636. The van der Waals surface area contributed by atoms with Crippen molar-refractivity contribution in [3.8, 4) is 5.75 Å². The first-order valence-corrected chi connectivity index (χ1v) is 14.9. The van der Waals surface area contributed by atoms with E-state index in [1.165, 1.54) is 50.5 Å². The summed E-state index contributed by atoms with van der Waals surface area (Å²) in [6.07, 6.45) is 13.9. The van der Waals surface area contributed by atoms with E-state index in [2.05, 4.69) is 26.0 Å². The van der Waals surface area contributed by atoms with Crippen LogP contribution in [-0.4, -0.2) is 72.0 Å². The average Bonchev–Trinajstić information content (AvgIpc) is 2.93. The van der Waals surface area contributed by atoms with E-state index >= 15 is 0 Å². The Morgan fingerprint density at radius 2 is 1.03 bits per heavy atom. The SMILES string of the molecule is CCCCCCCCc1ccc(OCCOCCOCCOCCOCCOC(=O)CCCCCC)cc1. The number of ether oxygens (including phenoxy) is 6. The fraction of sp³-hybridized carbons (Fsp3) is 0.774. The molecule has 0 aliphatic heterocycles. The maximum atomic E-state index is 11.5. The van der Waals surface area contributed by atoms with E-state index in [0.29, 0.717) is 72.5 Å². The molecule has 0 fully saturated rings. The van der Waals surface area contributed by atoms with Gasteiger partial charge < -0.3 is 28.4 Å². The Labute approximate surface area is 231 Å². The summed E-state index contributed by atoms with van der Waals surface area (Å²) in [5.74, 6) is 0.745. The monoisotopic (exact) mass is 538 g/mol. The van der Waals surface area contributed by atoms with Crippen LogP contribution in [0.4, 0.5) is 0 Å². The second-order valence-corrected chi connectivity index (χ2v) is 9.49. The number of hydrogen-bond acceptors (Lipinski definition) is 7. The summed E-state index contributed by atoms with van der Waals surface area (Å²) in [5, 5.41) is 0. The topological polar surface area (TPSA) is 72.5 Å². The first-order valence-electron chi connectivity index (χ1n) is 14.9. The van der Waals surface area contributed by atoms with E-state index in [1.54, 1.807) is 0 Å². The van der Waals surface area contributed by atoms with Gasteiger partial charge in [0, 0.05) is 6.42 Å². The number of rotatable bonds is 28. The van der Waals surface area contributed by atoms with Crippen LogP contribution >= 0.6 is 0 Å². The highest BCUT2D eigenvalue weighted by Gasteiger charge is 2.02. The molecule has 0 amide bonds. The zero-order valence-electron chi connectivity index (χ0n) is 24.2. The Morgan fingerprint density at radius 1 is 0.553 bits per heavy atom. The maximum Gasteiger partial charge on any atom is 0.305 e. The number of hydrogen-bond donors (Lipinski definition) is 0. The third-order valence-electron chi connectivity index (χ3n) is 6.08. The summed E-state index contributed by atoms with van der Waals surface area (Å²) < 4.78 is 32.8. The van der Waals surface area contributed by atoms with Gasteiger partial charge in [-0.25, -0.2) is 0 Å². The molecule has 220 valence electrons. The lowest BCUT2D eigenvalue weighted by Gasteiger charge is -2.09. The van der Waals surface area contributed by atoms with Gasteiger partial charge >= 0.3 is 5.97 Å². The van der Waals surface area contributed by atoms with Crippen LogP contribution in [0.1, 0.15) is 90.0 Å². The summed E-state index contributed by atoms with van der Waals surface area (Å²) in [7, 11) is 0. The smallest absolute Gasteiger partial charge is 0.305 e. The van der Waals surface area contributed by atoms with Crippen molar-refractivity contribution < 1.29 is 33.2 Å². The number of unbranched alkanes of at least 4 members (excludes halogenated alkanes) is 8. The molecule has 0 atom stereocenters. The number of aryl methyl sites for hydroxylation is 1. The van der Waals surface area contributed by atoms with Crippen LogP contribution < -0.4 is 4.74 Å². The molecule has 0 aliphatic rings. The molecule has 7 heteroatoms. The van der Waals surface area contributed by atoms with Crippen LogP contribution in [0, 0.1) is 0 Å². The van der Waals surface area contributed by atoms with Crippen molar-refractivity contribution in [1.82, 2.24) is 0 Å². The largest absolute Gasteiger partial charge is 0.491 e. The molecule has 7 nitrogen and oxygen atoms in total. The molecule has 1 rings (SSSR count). The molecule has 0 spiro atoms. The zero-order valence-corrected chi connectivity index (χ0v) is 24.2. The van der Waals surface area contributed by atoms with Gasteiger partial charge in [-0.2, -0.15) is 0 Å². The fourth-order valence-corrected chi connectivity index (χ4v) is 3.82. The lowest BCUT2D eigenvalue weighted by molar-refractivity contribution is -0.145. The zero-order chi connectivity index (χ0) is 27.4. The number of benzene rings is 1. The minimum atomic E-state index is -0.141. The third kappa shape index (κ3) is 22.3. The van der Waals surface area contributed by atoms with Crippen molar-refractivity contribution in [2.45, 2.75) is 90.9 Å². The molecule has 0 bridgehead atoms. The van der Waals surface area contributed by atoms with Crippen LogP contribution in [-0.2, 0) is 34.9 Å². The van der Waals surface area contributed by atoms with Crippen molar-refractivity contribution in [1.29, 1.82) is 0 Å². The molecule has 0 radical (unpaired) electrons. The molecule has 38 heavy (non-hydrogen) atoms. The van der Waals surface area contributed by atoms with Crippen LogP contribution in [0.5, 0.6) is 5.75 Å². The van der Waals surface area contributed by atoms with Gasteiger partial charge in [-0.3, -0.25) is 4.79 Å². The minimum Gasteiger partial charge on any atom is -0.491 e. The molecule has 1 aromatic rings. The Kier molecular flexibility index (Phi) is 24.3. The van der Waals surface area contributed by atoms with Gasteiger partial charge in [0.25, 0.3) is 0 Å². The molecule has 0 saturated heterocycles. The summed E-state index contributed by atoms with van der Waals surface area (Å²) >= 11 is 0. The highest BCUT2D eigenvalue weighted by atomic mass is 16.6. The van der Waals surface area contributed by atoms with E-state index in [-0.39, 0.29) is 5.97 Å². The molecule has 0 saturated carbocycles. The van der Waals surface area contributed by atoms with Gasteiger partial charge in [0.15, 0.2) is 0 Å². The normalized spacial score (nSPS) is 11.1. The van der Waals surface area contributed by atoms with E-state index in [0.717, 1.165) is 31.4 Å². The van der Waals surface area contributed by atoms with Gasteiger partial charge in [0.2, 0.25) is 0 Å². The summed E-state index contributed by atoms with van der Waals surface area (Å²) in [5.41, 5.74) is 1.38. The second kappa shape index (κ2) is 26.9. The van der Waals surface area contributed by atoms with Crippen molar-refractivity contribution in [2.24, 2.45) is 0 Å². The lowest BCUT2D eigenvalue weighted by Crippen LogP contribution is -2.15. The predicted octanol–water partition coefficient (Wildman–Crippen LogP) is 6.55. The molecule has 1 aromatic carbocycles. The summed E-state index contributed by atoms with van der Waals surface area (Å²) in [6.45, 7) is 9.19. The van der Waals surface area contributed by atoms with Crippen LogP contribution in [0.3, 0.4) is 0 Å². The van der Waals surface area contributed by atoms with Crippen LogP contribution in [0.2, 0.25) is 0 Å². The predicted molar refractivity (Wildman–Crippen MR) is 152 cm³/mol. The maximum absolute atomic E-state index is 11.5. The lowest BCUT2D eigenvalue weighted by atomic mass is 10.0. The van der Waals surface area contributed by atoms with E-state index in [4.69, 9.17) is 28.4 Å². The number of esters is 1. The minimum absolute atomic E-state index is 0.141. The average molecular weight is 539 g/mol. The van der Waals surface area contributed by atoms with Gasteiger partial charge in [0.05, 0.1) is 52.9 Å². The Morgan fingerprint density at radius 3 is 1.61 bits per heavy atom. The van der Waals surface area contributed by atoms with E-state index < -0.39 is 0 Å². The number of carbonyl (C=O) groups excluding carboxylic acids is 1. The second-order valence-electron chi connectivity index (χ2n) is 9.49. The van der Waals surface area contributed by atoms with Crippen molar-refractivity contribution in [3.05, 3.63) is 29.8 Å². The van der Waals surface area contributed by atoms with Crippen molar-refractivity contribution in [3.63, 3.8) is 0 Å². The standard InChI is InChI=1S/C31H54O7/c1-3-5-7-9-10-11-13-29-15-17-30(18-16-29)37-27-25-35-23-21-33-19-20-34-22-24-36-26-28-38-31(32)14-12-8-6-4-2/h15-18H,3-14,19-28H2,1-2H3. The van der Waals surface area contributed by atoms with Gasteiger partial charge in [-0.15, -0.1) is 0 Å². The van der Waals surface area contributed by atoms with Gasteiger partial charge in [-0.05, 0) is 37.0 Å². The first kappa shape index (κ1) is 34.4. The quantitative estimate of drug-likeness (QED) is 0.0885. The summed E-state index contributed by atoms with van der Waals surface area (Å²) in [6, 6.07) is 8.42. The highest BCUT2D eigenvalue weighted by Crippen LogP contribution is 2.15. The third-order valence-corrected chi connectivity index (χ3v) is 6.08. The van der Waals surface area contributed by atoms with Crippen molar-refractivity contribution >= 4 is 5.97 Å².